The fraction of sp³-hybridized carbons (Fsp3) is 0.915. The maximum Gasteiger partial charge on any atom is 0.335 e. The zero-order chi connectivity index (χ0) is 48.3. The molecular formula is C47H74O19. The third kappa shape index (κ3) is 7.73. The molecule has 8 aliphatic rings. The molecule has 0 aromatic carbocycles. The van der Waals surface area contributed by atoms with Gasteiger partial charge in [0.15, 0.2) is 18.7 Å². The van der Waals surface area contributed by atoms with E-state index in [9.17, 15) is 65.8 Å². The molecule has 5 aliphatic carbocycles. The van der Waals surface area contributed by atoms with Crippen molar-refractivity contribution < 1.29 is 94.2 Å². The lowest BCUT2D eigenvalue weighted by Crippen LogP contribution is -2.67. The van der Waals surface area contributed by atoms with Gasteiger partial charge in [0.1, 0.15) is 61.0 Å². The summed E-state index contributed by atoms with van der Waals surface area (Å²) in [6, 6.07) is 0. The molecule has 11 N–H and O–H groups in total. The molecule has 0 amide bonds. The number of hydrogen-bond acceptors (Lipinski definition) is 18. The highest BCUT2D eigenvalue weighted by atomic mass is 16.8. The van der Waals surface area contributed by atoms with E-state index in [4.69, 9.17) is 28.4 Å². The van der Waals surface area contributed by atoms with Crippen molar-refractivity contribution in [1.82, 2.24) is 0 Å². The molecule has 3 heterocycles. The van der Waals surface area contributed by atoms with Gasteiger partial charge in [0.05, 0.1) is 31.3 Å². The minimum absolute atomic E-state index is 0.100. The Labute approximate surface area is 385 Å². The van der Waals surface area contributed by atoms with Gasteiger partial charge in [-0.05, 0) is 104 Å². The Morgan fingerprint density at radius 2 is 1.39 bits per heavy atom. The molecule has 0 radical (unpaired) electrons. The number of aliphatic hydroxyl groups excluding tert-OH is 10. The van der Waals surface area contributed by atoms with Crippen molar-refractivity contribution in [2.24, 2.45) is 50.2 Å². The van der Waals surface area contributed by atoms with Gasteiger partial charge in [-0.3, -0.25) is 4.79 Å². The highest BCUT2D eigenvalue weighted by molar-refractivity contribution is 5.79. The number of fused-ring (bicyclic) bond motifs is 7. The van der Waals surface area contributed by atoms with Crippen molar-refractivity contribution in [3.8, 4) is 0 Å². The largest absolute Gasteiger partial charge is 0.479 e. The van der Waals surface area contributed by atoms with E-state index in [0.717, 1.165) is 19.3 Å². The number of esters is 1. The number of ether oxygens (including phenoxy) is 6. The number of aliphatic carboxylic acids is 1. The molecular weight excluding hydrogens is 868 g/mol. The number of carbonyl (C=O) groups excluding carboxylic acids is 1. The zero-order valence-corrected chi connectivity index (χ0v) is 38.8. The maximum atomic E-state index is 14.7. The first-order chi connectivity index (χ1) is 30.8. The molecule has 376 valence electrons. The average Bonchev–Trinajstić information content (AvgIpc) is 3.26. The summed E-state index contributed by atoms with van der Waals surface area (Å²) in [5.41, 5.74) is -1.72. The van der Waals surface area contributed by atoms with Gasteiger partial charge >= 0.3 is 11.9 Å². The van der Waals surface area contributed by atoms with E-state index in [0.29, 0.717) is 44.9 Å². The van der Waals surface area contributed by atoms with E-state index in [1.54, 1.807) is 0 Å². The molecule has 3 saturated heterocycles. The Morgan fingerprint density at radius 1 is 0.712 bits per heavy atom. The second kappa shape index (κ2) is 17.7. The van der Waals surface area contributed by atoms with Crippen LogP contribution in [0.1, 0.15) is 106 Å². The molecule has 19 nitrogen and oxygen atoms in total. The average molecular weight is 943 g/mol. The number of carboxylic acid groups (broad SMARTS) is 1. The van der Waals surface area contributed by atoms with Crippen molar-refractivity contribution in [2.45, 2.75) is 198 Å². The van der Waals surface area contributed by atoms with E-state index in [1.807, 2.05) is 6.92 Å². The van der Waals surface area contributed by atoms with Crippen LogP contribution in [0.3, 0.4) is 0 Å². The van der Waals surface area contributed by atoms with Gasteiger partial charge in [0, 0.05) is 5.41 Å². The summed E-state index contributed by atoms with van der Waals surface area (Å²) in [5, 5.41) is 116. The minimum atomic E-state index is -1.97. The van der Waals surface area contributed by atoms with Crippen LogP contribution < -0.4 is 0 Å². The molecule has 0 aromatic heterocycles. The van der Waals surface area contributed by atoms with Gasteiger partial charge in [-0.15, -0.1) is 0 Å². The topological polar surface area (TPSA) is 312 Å². The van der Waals surface area contributed by atoms with Crippen LogP contribution in [0.5, 0.6) is 0 Å². The maximum absolute atomic E-state index is 14.7. The first-order valence-electron chi connectivity index (χ1n) is 23.9. The summed E-state index contributed by atoms with van der Waals surface area (Å²) in [5.74, 6) is -2.29. The number of carbonyl (C=O) groups is 2. The summed E-state index contributed by atoms with van der Waals surface area (Å²) < 4.78 is 35.4. The van der Waals surface area contributed by atoms with Gasteiger partial charge in [-0.1, -0.05) is 53.2 Å². The van der Waals surface area contributed by atoms with Crippen molar-refractivity contribution in [2.75, 3.05) is 19.8 Å². The van der Waals surface area contributed by atoms with Crippen LogP contribution in [-0.2, 0) is 38.0 Å². The Kier molecular flexibility index (Phi) is 13.6. The second-order valence-corrected chi connectivity index (χ2v) is 22.9. The fourth-order valence-corrected chi connectivity index (χ4v) is 14.7. The summed E-state index contributed by atoms with van der Waals surface area (Å²) in [4.78, 5) is 26.9. The van der Waals surface area contributed by atoms with E-state index in [1.165, 1.54) is 5.57 Å². The lowest BCUT2D eigenvalue weighted by molar-refractivity contribution is -0.367. The van der Waals surface area contributed by atoms with Crippen molar-refractivity contribution in [3.05, 3.63) is 11.6 Å². The van der Waals surface area contributed by atoms with E-state index in [-0.39, 0.29) is 46.0 Å². The van der Waals surface area contributed by atoms with E-state index >= 15 is 0 Å². The van der Waals surface area contributed by atoms with Gasteiger partial charge in [-0.2, -0.15) is 0 Å². The lowest BCUT2D eigenvalue weighted by atomic mass is 9.33. The lowest BCUT2D eigenvalue weighted by Gasteiger charge is -2.71. The molecule has 23 atom stereocenters. The van der Waals surface area contributed by atoms with Gasteiger partial charge in [0.2, 0.25) is 6.29 Å². The smallest absolute Gasteiger partial charge is 0.335 e. The Hall–Kier alpha value is -1.92. The molecule has 4 saturated carbocycles. The SMILES string of the molecule is CC1(C)CC[C@]2(C(=O)O[C@@H]3O[C@H](CO)[C@@H](O)[C@H](O)[C@H]3O)CC[C@]3(C)C(=CC[C@@H]4[C@@]5(C)CC[C@H](O[C@@H]6O[C@H](C(=O)O)[C@@H](O)[C@H](O)[C@H]6O[C@@H]6OC[C@@H](O)[C@H](O)[C@H]6O)[C@@](C)(CO)[C@@H]5CC[C@]43C)[C@@H]2C1. The molecule has 3 aliphatic heterocycles. The number of rotatable bonds is 9. The van der Waals surface area contributed by atoms with Crippen LogP contribution in [0.15, 0.2) is 11.6 Å². The van der Waals surface area contributed by atoms with Gasteiger partial charge < -0.3 is 84.6 Å². The minimum Gasteiger partial charge on any atom is -0.479 e. The Bertz CT molecular complexity index is 1850. The molecule has 66 heavy (non-hydrogen) atoms. The number of aliphatic hydroxyl groups is 10. The van der Waals surface area contributed by atoms with Crippen molar-refractivity contribution in [1.29, 1.82) is 0 Å². The standard InChI is InChI=1S/C47H74O19/c1-42(2)13-15-47(41(60)66-39-34(57)30(53)29(52)24(18-48)62-39)16-14-45(5)21(22(47)17-42)7-8-26-43(3)11-10-27(44(4,20-49)25(43)9-12-46(26,45)6)63-40-36(32(55)31(54)35(64-40)37(58)59)65-38-33(56)28(51)23(50)19-61-38/h7,22-36,38-40,48-57H,8-20H2,1-6H3,(H,58,59)/t22-,23+,24+,25+,26+,27-,28-,29+,30-,31-,32-,33+,34+,35-,36+,38-,39-,40+,43-,44-,45+,46+,47-/m0/s1. The third-order valence-electron chi connectivity index (χ3n) is 19.0. The first kappa shape index (κ1) is 50.5. The monoisotopic (exact) mass is 942 g/mol. The summed E-state index contributed by atoms with van der Waals surface area (Å²) >= 11 is 0. The Morgan fingerprint density at radius 3 is 2.06 bits per heavy atom. The third-order valence-corrected chi connectivity index (χ3v) is 19.0. The van der Waals surface area contributed by atoms with Crippen LogP contribution in [-0.4, -0.2) is 180 Å². The molecule has 0 spiro atoms. The van der Waals surface area contributed by atoms with E-state index in [2.05, 4.69) is 40.7 Å². The number of hydrogen-bond donors (Lipinski definition) is 11. The predicted molar refractivity (Wildman–Crippen MR) is 226 cm³/mol. The Balaban J connectivity index is 1.06. The number of carboxylic acids is 1. The van der Waals surface area contributed by atoms with Crippen LogP contribution >= 0.6 is 0 Å². The van der Waals surface area contributed by atoms with Crippen LogP contribution in [0.4, 0.5) is 0 Å². The van der Waals surface area contributed by atoms with E-state index < -0.39 is 128 Å². The van der Waals surface area contributed by atoms with Crippen LogP contribution in [0.2, 0.25) is 0 Å². The molecule has 0 unspecified atom stereocenters. The summed E-state index contributed by atoms with van der Waals surface area (Å²) in [6.07, 6.45) is -15.3. The summed E-state index contributed by atoms with van der Waals surface area (Å²) in [6.45, 7) is 12.0. The fourth-order valence-electron chi connectivity index (χ4n) is 14.7. The highest BCUT2D eigenvalue weighted by Crippen LogP contribution is 2.76. The van der Waals surface area contributed by atoms with Crippen molar-refractivity contribution >= 4 is 11.9 Å². The second-order valence-electron chi connectivity index (χ2n) is 22.9. The number of allylic oxidation sites excluding steroid dienone is 2. The quantitative estimate of drug-likeness (QED) is 0.0813. The molecule has 8 rings (SSSR count). The van der Waals surface area contributed by atoms with Gasteiger partial charge in [-0.25, -0.2) is 4.79 Å². The normalized spacial score (nSPS) is 53.5. The first-order valence-corrected chi connectivity index (χ1v) is 23.9. The molecule has 0 aromatic rings. The highest BCUT2D eigenvalue weighted by Gasteiger charge is 2.70. The van der Waals surface area contributed by atoms with Crippen LogP contribution in [0, 0.1) is 50.2 Å². The predicted octanol–water partition coefficient (Wildman–Crippen LogP) is -0.156. The van der Waals surface area contributed by atoms with Crippen molar-refractivity contribution in [3.63, 3.8) is 0 Å². The zero-order valence-electron chi connectivity index (χ0n) is 38.8. The van der Waals surface area contributed by atoms with Crippen LogP contribution in [0.25, 0.3) is 0 Å². The van der Waals surface area contributed by atoms with Gasteiger partial charge in [0.25, 0.3) is 0 Å². The molecule has 7 fully saturated rings. The molecule has 0 bridgehead atoms. The molecule has 19 heteroatoms. The summed E-state index contributed by atoms with van der Waals surface area (Å²) in [7, 11) is 0.